The zero-order valence-corrected chi connectivity index (χ0v) is 9.25. The fraction of sp³-hybridized carbons (Fsp3) is 0.500. The Balaban J connectivity index is 2.26. The maximum atomic E-state index is 5.83. The zero-order chi connectivity index (χ0) is 10.7. The molecule has 2 rings (SSSR count). The molecule has 0 spiro atoms. The van der Waals surface area contributed by atoms with Crippen LogP contribution < -0.4 is 10.1 Å². The number of nitrogens with one attached hydrogen (secondary N) is 1. The van der Waals surface area contributed by atoms with Crippen LogP contribution in [-0.2, 0) is 10.3 Å². The number of methoxy groups -OCH3 is 1. The van der Waals surface area contributed by atoms with Crippen molar-refractivity contribution < 1.29 is 9.47 Å². The Bertz CT molecular complexity index is 332. The number of rotatable bonds is 2. The van der Waals surface area contributed by atoms with Crippen molar-refractivity contribution in [1.29, 1.82) is 0 Å². The van der Waals surface area contributed by atoms with E-state index in [1.807, 2.05) is 18.2 Å². The topological polar surface area (TPSA) is 30.5 Å². The minimum absolute atomic E-state index is 0.229. The second-order valence-corrected chi connectivity index (χ2v) is 3.99. The van der Waals surface area contributed by atoms with Crippen LogP contribution in [-0.4, -0.2) is 26.8 Å². The summed E-state index contributed by atoms with van der Waals surface area (Å²) in [7, 11) is 1.68. The predicted octanol–water partition coefficient (Wildman–Crippen LogP) is 1.53. The highest BCUT2D eigenvalue weighted by Crippen LogP contribution is 2.28. The Morgan fingerprint density at radius 1 is 1.47 bits per heavy atom. The highest BCUT2D eigenvalue weighted by atomic mass is 16.5. The SMILES string of the molecule is COc1cccc([C@]2(C)CNCCO2)c1. The van der Waals surface area contributed by atoms with E-state index >= 15 is 0 Å². The molecule has 1 fully saturated rings. The molecule has 15 heavy (non-hydrogen) atoms. The van der Waals surface area contributed by atoms with Crippen LogP contribution in [0.2, 0.25) is 0 Å². The van der Waals surface area contributed by atoms with Crippen molar-refractivity contribution in [2.75, 3.05) is 26.8 Å². The molecular formula is C12H17NO2. The van der Waals surface area contributed by atoms with Crippen LogP contribution in [0.5, 0.6) is 5.75 Å². The van der Waals surface area contributed by atoms with Crippen molar-refractivity contribution in [3.05, 3.63) is 29.8 Å². The van der Waals surface area contributed by atoms with Gasteiger partial charge in [0.15, 0.2) is 0 Å². The monoisotopic (exact) mass is 207 g/mol. The molecule has 1 atom stereocenters. The second kappa shape index (κ2) is 4.21. The van der Waals surface area contributed by atoms with Crippen molar-refractivity contribution >= 4 is 0 Å². The molecule has 1 aromatic rings. The average molecular weight is 207 g/mol. The lowest BCUT2D eigenvalue weighted by Gasteiger charge is -2.35. The minimum atomic E-state index is -0.229. The maximum absolute atomic E-state index is 5.83. The lowest BCUT2D eigenvalue weighted by Crippen LogP contribution is -2.45. The van der Waals surface area contributed by atoms with Gasteiger partial charge in [-0.3, -0.25) is 0 Å². The smallest absolute Gasteiger partial charge is 0.119 e. The van der Waals surface area contributed by atoms with Gasteiger partial charge in [-0.2, -0.15) is 0 Å². The number of benzene rings is 1. The van der Waals surface area contributed by atoms with Gasteiger partial charge in [-0.05, 0) is 24.6 Å². The Morgan fingerprint density at radius 3 is 3.00 bits per heavy atom. The van der Waals surface area contributed by atoms with Gasteiger partial charge >= 0.3 is 0 Å². The molecule has 0 amide bonds. The summed E-state index contributed by atoms with van der Waals surface area (Å²) in [5.41, 5.74) is 0.932. The fourth-order valence-electron chi connectivity index (χ4n) is 1.86. The second-order valence-electron chi connectivity index (χ2n) is 3.99. The van der Waals surface area contributed by atoms with Gasteiger partial charge < -0.3 is 14.8 Å². The number of ether oxygens (including phenoxy) is 2. The van der Waals surface area contributed by atoms with E-state index in [1.54, 1.807) is 7.11 Å². The molecule has 0 saturated carbocycles. The summed E-state index contributed by atoms with van der Waals surface area (Å²) in [6, 6.07) is 8.06. The van der Waals surface area contributed by atoms with Crippen molar-refractivity contribution in [2.24, 2.45) is 0 Å². The summed E-state index contributed by atoms with van der Waals surface area (Å²) in [4.78, 5) is 0. The molecule has 1 N–H and O–H groups in total. The Kier molecular flexibility index (Phi) is 2.93. The summed E-state index contributed by atoms with van der Waals surface area (Å²) >= 11 is 0. The van der Waals surface area contributed by atoms with Gasteiger partial charge in [0.1, 0.15) is 11.4 Å². The zero-order valence-electron chi connectivity index (χ0n) is 9.25. The predicted molar refractivity (Wildman–Crippen MR) is 59.2 cm³/mol. The van der Waals surface area contributed by atoms with Crippen LogP contribution in [0.1, 0.15) is 12.5 Å². The minimum Gasteiger partial charge on any atom is -0.497 e. The van der Waals surface area contributed by atoms with E-state index in [9.17, 15) is 0 Å². The molecular weight excluding hydrogens is 190 g/mol. The van der Waals surface area contributed by atoms with Gasteiger partial charge in [0.25, 0.3) is 0 Å². The maximum Gasteiger partial charge on any atom is 0.119 e. The van der Waals surface area contributed by atoms with E-state index in [0.717, 1.165) is 31.0 Å². The first kappa shape index (κ1) is 10.5. The van der Waals surface area contributed by atoms with Gasteiger partial charge in [-0.25, -0.2) is 0 Å². The molecule has 3 nitrogen and oxygen atoms in total. The van der Waals surface area contributed by atoms with Crippen molar-refractivity contribution in [2.45, 2.75) is 12.5 Å². The molecule has 1 saturated heterocycles. The molecule has 1 aromatic carbocycles. The Labute approximate surface area is 90.4 Å². The van der Waals surface area contributed by atoms with E-state index < -0.39 is 0 Å². The van der Waals surface area contributed by atoms with Crippen LogP contribution in [0.3, 0.4) is 0 Å². The fourth-order valence-corrected chi connectivity index (χ4v) is 1.86. The lowest BCUT2D eigenvalue weighted by molar-refractivity contribution is -0.0573. The van der Waals surface area contributed by atoms with E-state index in [0.29, 0.717) is 0 Å². The van der Waals surface area contributed by atoms with Crippen LogP contribution in [0.25, 0.3) is 0 Å². The average Bonchev–Trinajstić information content (AvgIpc) is 2.30. The molecule has 82 valence electrons. The lowest BCUT2D eigenvalue weighted by atomic mass is 9.94. The van der Waals surface area contributed by atoms with Gasteiger partial charge in [-0.15, -0.1) is 0 Å². The molecule has 1 aliphatic heterocycles. The molecule has 0 radical (unpaired) electrons. The van der Waals surface area contributed by atoms with Crippen LogP contribution in [0.15, 0.2) is 24.3 Å². The van der Waals surface area contributed by atoms with Crippen molar-refractivity contribution in [3.8, 4) is 5.75 Å². The Hall–Kier alpha value is -1.06. The van der Waals surface area contributed by atoms with Crippen LogP contribution >= 0.6 is 0 Å². The first-order valence-corrected chi connectivity index (χ1v) is 5.24. The summed E-state index contributed by atoms with van der Waals surface area (Å²) in [6.07, 6.45) is 0. The van der Waals surface area contributed by atoms with E-state index in [4.69, 9.17) is 9.47 Å². The summed E-state index contributed by atoms with van der Waals surface area (Å²) in [5.74, 6) is 0.878. The number of hydrogen-bond donors (Lipinski definition) is 1. The molecule has 1 aliphatic rings. The van der Waals surface area contributed by atoms with Gasteiger partial charge in [0, 0.05) is 13.1 Å². The Morgan fingerprint density at radius 2 is 2.33 bits per heavy atom. The summed E-state index contributed by atoms with van der Waals surface area (Å²) in [6.45, 7) is 4.64. The van der Waals surface area contributed by atoms with Gasteiger partial charge in [0.2, 0.25) is 0 Å². The summed E-state index contributed by atoms with van der Waals surface area (Å²) < 4.78 is 11.0. The van der Waals surface area contributed by atoms with Gasteiger partial charge in [0.05, 0.1) is 13.7 Å². The first-order valence-electron chi connectivity index (χ1n) is 5.24. The molecule has 0 aliphatic carbocycles. The molecule has 0 aromatic heterocycles. The third-order valence-electron chi connectivity index (χ3n) is 2.84. The van der Waals surface area contributed by atoms with E-state index in [1.165, 1.54) is 0 Å². The third kappa shape index (κ3) is 2.13. The highest BCUT2D eigenvalue weighted by molar-refractivity contribution is 5.32. The molecule has 0 unspecified atom stereocenters. The molecule has 1 heterocycles. The standard InChI is InChI=1S/C12H17NO2/c1-12(9-13-6-7-15-12)10-4-3-5-11(8-10)14-2/h3-5,8,13H,6-7,9H2,1-2H3/t12-/m0/s1. The van der Waals surface area contributed by atoms with Crippen molar-refractivity contribution in [3.63, 3.8) is 0 Å². The number of hydrogen-bond acceptors (Lipinski definition) is 3. The molecule has 0 bridgehead atoms. The van der Waals surface area contributed by atoms with Crippen molar-refractivity contribution in [1.82, 2.24) is 5.32 Å². The largest absolute Gasteiger partial charge is 0.497 e. The van der Waals surface area contributed by atoms with E-state index in [-0.39, 0.29) is 5.60 Å². The summed E-state index contributed by atoms with van der Waals surface area (Å²) in [5, 5.41) is 3.35. The molecule has 3 heteroatoms. The quantitative estimate of drug-likeness (QED) is 0.797. The van der Waals surface area contributed by atoms with Gasteiger partial charge in [-0.1, -0.05) is 12.1 Å². The van der Waals surface area contributed by atoms with E-state index in [2.05, 4.69) is 18.3 Å². The highest BCUT2D eigenvalue weighted by Gasteiger charge is 2.29. The number of morpholine rings is 1. The van der Waals surface area contributed by atoms with Crippen LogP contribution in [0.4, 0.5) is 0 Å². The first-order chi connectivity index (χ1) is 7.24. The third-order valence-corrected chi connectivity index (χ3v) is 2.84. The van der Waals surface area contributed by atoms with Crippen LogP contribution in [0, 0.1) is 0 Å². The normalized spacial score (nSPS) is 26.3.